The van der Waals surface area contributed by atoms with Gasteiger partial charge in [0.05, 0.1) is 23.2 Å². The van der Waals surface area contributed by atoms with E-state index < -0.39 is 22.3 Å². The number of aryl methyl sites for hydroxylation is 1. The van der Waals surface area contributed by atoms with E-state index in [-0.39, 0.29) is 0 Å². The number of pyridine rings is 1. The van der Waals surface area contributed by atoms with Gasteiger partial charge in [0.25, 0.3) is 5.69 Å². The van der Waals surface area contributed by atoms with Gasteiger partial charge in [0.1, 0.15) is 7.05 Å². The molecule has 0 spiro atoms. The molecule has 0 bridgehead atoms. The van der Waals surface area contributed by atoms with Gasteiger partial charge in [0, 0.05) is 29.1 Å². The Morgan fingerprint density at radius 2 is 1.82 bits per heavy atom. The maximum Gasteiger partial charge on any atom is 0.477 e. The largest absolute Gasteiger partial charge is 0.726 e. The maximum atomic E-state index is 13.5. The number of hydrogen-bond acceptors (Lipinski definition) is 6. The molecule has 1 aromatic heterocycles. The van der Waals surface area contributed by atoms with E-state index in [1.54, 1.807) is 18.2 Å². The summed E-state index contributed by atoms with van der Waals surface area (Å²) >= 11 is 7.59. The quantitative estimate of drug-likeness (QED) is 0.271. The van der Waals surface area contributed by atoms with Gasteiger partial charge in [0.2, 0.25) is 15.9 Å². The highest BCUT2D eigenvalue weighted by Gasteiger charge is 2.41. The molecule has 0 radical (unpaired) electrons. The Morgan fingerprint density at radius 3 is 2.42 bits per heavy atom. The van der Waals surface area contributed by atoms with Crippen molar-refractivity contribution in [1.82, 2.24) is 0 Å². The van der Waals surface area contributed by atoms with Gasteiger partial charge in [0.15, 0.2) is 0 Å². The second-order valence-electron chi connectivity index (χ2n) is 6.89. The molecule has 2 aromatic carbocycles. The predicted molar refractivity (Wildman–Crippen MR) is 121 cm³/mol. The Balaban J connectivity index is 0.000000454. The second-order valence-corrected chi connectivity index (χ2v) is 9.54. The number of fused-ring (bicyclic) bond motifs is 2. The predicted octanol–water partition coefficient (Wildman–Crippen LogP) is 4.97. The van der Waals surface area contributed by atoms with Gasteiger partial charge in [-0.05, 0) is 35.9 Å². The van der Waals surface area contributed by atoms with Gasteiger partial charge in [-0.15, -0.1) is 0 Å². The van der Waals surface area contributed by atoms with Crippen molar-refractivity contribution in [3.8, 4) is 0 Å². The molecule has 33 heavy (non-hydrogen) atoms. The first-order chi connectivity index (χ1) is 15.3. The Bertz CT molecular complexity index is 1350. The number of anilines is 1. The Labute approximate surface area is 198 Å². The summed E-state index contributed by atoms with van der Waals surface area (Å²) in [7, 11) is -0.278. The van der Waals surface area contributed by atoms with Crippen LogP contribution in [0, 0.1) is 0 Å². The van der Waals surface area contributed by atoms with Gasteiger partial charge in [-0.1, -0.05) is 35.5 Å². The molecule has 12 heteroatoms. The minimum Gasteiger partial charge on any atom is -0.726 e. The van der Waals surface area contributed by atoms with Crippen molar-refractivity contribution < 1.29 is 34.9 Å². The van der Waals surface area contributed by atoms with Crippen LogP contribution in [0.3, 0.4) is 0 Å². The highest BCUT2D eigenvalue weighted by atomic mass is 35.5. The van der Waals surface area contributed by atoms with Crippen molar-refractivity contribution in [3.05, 3.63) is 69.8 Å². The molecule has 0 saturated carbocycles. The standard InChI is InChI=1S/C20H15ClF3N2S.CH4O4S/c1-25-15-6-4-3-5-14(15)12(9-18(25)20(22,23)24)10-19-26(2)16-11-13(21)7-8-17(16)27-19;1-5-6(2,3)4/h3-11H,1-2H3;1H3,(H,2,3,4)/q+1;/p-1. The number of halogens is 4. The lowest BCUT2D eigenvalue weighted by atomic mass is 10.1. The molecule has 0 saturated heterocycles. The smallest absolute Gasteiger partial charge is 0.477 e. The van der Waals surface area contributed by atoms with Crippen molar-refractivity contribution >= 4 is 56.4 Å². The molecule has 4 rings (SSSR count). The summed E-state index contributed by atoms with van der Waals surface area (Å²) in [6, 6.07) is 13.9. The summed E-state index contributed by atoms with van der Waals surface area (Å²) in [4.78, 5) is 2.97. The fourth-order valence-corrected chi connectivity index (χ4v) is 4.50. The first-order valence-corrected chi connectivity index (χ1v) is 11.8. The summed E-state index contributed by atoms with van der Waals surface area (Å²) in [6.07, 6.45) is -2.63. The lowest BCUT2D eigenvalue weighted by molar-refractivity contribution is -0.666. The topological polar surface area (TPSA) is 73.5 Å². The SMILES string of the molecule is CN1/C(=C\c2cc(C(F)(F)F)[n+](C)c3ccccc23)Sc2ccc(Cl)cc21.COS(=O)(=O)[O-]. The third-order valence-electron chi connectivity index (χ3n) is 4.83. The van der Waals surface area contributed by atoms with Gasteiger partial charge in [-0.2, -0.15) is 17.7 Å². The highest BCUT2D eigenvalue weighted by molar-refractivity contribution is 8.03. The van der Waals surface area contributed by atoms with Crippen LogP contribution < -0.4 is 9.47 Å². The lowest BCUT2D eigenvalue weighted by Crippen LogP contribution is -2.39. The number of aromatic nitrogens is 1. The first kappa shape index (κ1) is 25.3. The van der Waals surface area contributed by atoms with Crippen LogP contribution in [-0.2, 0) is 27.8 Å². The van der Waals surface area contributed by atoms with E-state index >= 15 is 0 Å². The van der Waals surface area contributed by atoms with E-state index in [9.17, 15) is 26.1 Å². The number of benzene rings is 2. The fourth-order valence-electron chi connectivity index (χ4n) is 3.25. The molecule has 0 amide bonds. The molecule has 2 heterocycles. The monoisotopic (exact) mass is 518 g/mol. The number of rotatable bonds is 2. The molecule has 0 unspecified atom stereocenters. The molecule has 0 atom stereocenters. The summed E-state index contributed by atoms with van der Waals surface area (Å²) < 4.78 is 72.8. The van der Waals surface area contributed by atoms with Crippen molar-refractivity contribution in [2.75, 3.05) is 19.1 Å². The van der Waals surface area contributed by atoms with Crippen LogP contribution in [0.1, 0.15) is 11.3 Å². The molecule has 0 aliphatic carbocycles. The zero-order valence-electron chi connectivity index (χ0n) is 17.6. The fraction of sp³-hybridized carbons (Fsp3) is 0.190. The molecular formula is C21H18ClF3N2O4S2. The van der Waals surface area contributed by atoms with Gasteiger partial charge in [-0.25, -0.2) is 8.42 Å². The van der Waals surface area contributed by atoms with E-state index in [2.05, 4.69) is 4.18 Å². The van der Waals surface area contributed by atoms with Gasteiger partial charge in [-0.3, -0.25) is 4.18 Å². The number of thioether (sulfide) groups is 1. The van der Waals surface area contributed by atoms with Crippen LogP contribution in [0.2, 0.25) is 5.02 Å². The van der Waals surface area contributed by atoms with Crippen LogP contribution >= 0.6 is 23.4 Å². The summed E-state index contributed by atoms with van der Waals surface area (Å²) in [5.41, 5.74) is 1.33. The van der Waals surface area contributed by atoms with E-state index in [4.69, 9.17) is 11.6 Å². The van der Waals surface area contributed by atoms with E-state index in [1.165, 1.54) is 29.4 Å². The summed E-state index contributed by atoms with van der Waals surface area (Å²) in [5.74, 6) is 0. The van der Waals surface area contributed by atoms with Crippen LogP contribution in [-0.4, -0.2) is 27.1 Å². The van der Waals surface area contributed by atoms with Crippen molar-refractivity contribution in [2.45, 2.75) is 11.1 Å². The van der Waals surface area contributed by atoms with E-state index in [1.807, 2.05) is 42.3 Å². The molecule has 6 nitrogen and oxygen atoms in total. The van der Waals surface area contributed by atoms with E-state index in [0.29, 0.717) is 16.1 Å². The number of alkyl halides is 3. The minimum absolute atomic E-state index is 0.532. The molecule has 0 fully saturated rings. The Morgan fingerprint density at radius 1 is 1.18 bits per heavy atom. The molecule has 1 aliphatic rings. The average Bonchev–Trinajstić information content (AvgIpc) is 3.04. The van der Waals surface area contributed by atoms with E-state index in [0.717, 1.165) is 28.1 Å². The molecule has 176 valence electrons. The Kier molecular flexibility index (Phi) is 7.30. The third-order valence-corrected chi connectivity index (χ3v) is 6.64. The van der Waals surface area contributed by atoms with Gasteiger partial charge >= 0.3 is 6.18 Å². The van der Waals surface area contributed by atoms with Crippen molar-refractivity contribution in [1.29, 1.82) is 0 Å². The second kappa shape index (κ2) is 9.51. The van der Waals surface area contributed by atoms with Gasteiger partial charge < -0.3 is 9.45 Å². The Hall–Kier alpha value is -2.31. The molecular weight excluding hydrogens is 501 g/mol. The zero-order valence-corrected chi connectivity index (χ0v) is 19.9. The summed E-state index contributed by atoms with van der Waals surface area (Å²) in [5, 5.41) is 2.24. The summed E-state index contributed by atoms with van der Waals surface area (Å²) in [6.45, 7) is 0. The molecule has 3 aromatic rings. The van der Waals surface area contributed by atoms with Crippen LogP contribution in [0.4, 0.5) is 18.9 Å². The van der Waals surface area contributed by atoms with Crippen molar-refractivity contribution in [2.24, 2.45) is 7.05 Å². The average molecular weight is 519 g/mol. The van der Waals surface area contributed by atoms with Crippen LogP contribution in [0.25, 0.3) is 17.0 Å². The van der Waals surface area contributed by atoms with Crippen molar-refractivity contribution in [3.63, 3.8) is 0 Å². The van der Waals surface area contributed by atoms with Crippen LogP contribution in [0.15, 0.2) is 58.5 Å². The number of hydrogen-bond donors (Lipinski definition) is 0. The zero-order chi connectivity index (χ0) is 24.6. The maximum absolute atomic E-state index is 13.5. The van der Waals surface area contributed by atoms with Crippen LogP contribution in [0.5, 0.6) is 0 Å². The molecule has 1 aliphatic heterocycles. The lowest BCUT2D eigenvalue weighted by Gasteiger charge is -2.14. The highest BCUT2D eigenvalue weighted by Crippen LogP contribution is 2.47. The third kappa shape index (κ3) is 5.79. The number of para-hydroxylation sites is 1. The normalized spacial score (nSPS) is 14.9. The first-order valence-electron chi connectivity index (χ1n) is 9.25. The minimum atomic E-state index is -4.43. The number of nitrogens with zero attached hydrogens (tertiary/aromatic N) is 2. The molecule has 0 N–H and O–H groups in total.